The maximum Gasteiger partial charge on any atom is 0.319 e. The molecule has 5 nitrogen and oxygen atoms in total. The van der Waals surface area contributed by atoms with E-state index in [1.807, 2.05) is 0 Å². The molecular weight excluding hydrogens is 356 g/mol. The third-order valence-electron chi connectivity index (χ3n) is 4.83. The molecule has 2 atom stereocenters. The Balaban J connectivity index is 1.85. The Bertz CT molecular complexity index is 915. The first-order chi connectivity index (χ1) is 12.1. The molecule has 25 heavy (non-hydrogen) atoms. The number of esters is 1. The predicted octanol–water partition coefficient (Wildman–Crippen LogP) is 3.18. The van der Waals surface area contributed by atoms with Gasteiger partial charge in [0.15, 0.2) is 5.16 Å². The summed E-state index contributed by atoms with van der Waals surface area (Å²) in [5, 5.41) is 1.08. The van der Waals surface area contributed by atoms with Crippen molar-refractivity contribution in [1.82, 2.24) is 9.55 Å². The number of nitrogens with zero attached hydrogens (tertiary/aromatic N) is 2. The summed E-state index contributed by atoms with van der Waals surface area (Å²) in [5.74, 6) is 0.432. The Morgan fingerprint density at radius 2 is 2.28 bits per heavy atom. The number of carbonyl (C=O) groups excluding carboxylic acids is 1. The lowest BCUT2D eigenvalue weighted by Crippen LogP contribution is -2.24. The summed E-state index contributed by atoms with van der Waals surface area (Å²) in [6.07, 6.45) is 5.44. The van der Waals surface area contributed by atoms with Gasteiger partial charge in [-0.3, -0.25) is 14.2 Å². The molecule has 0 bridgehead atoms. The highest BCUT2D eigenvalue weighted by Crippen LogP contribution is 2.37. The fourth-order valence-corrected chi connectivity index (χ4v) is 5.99. The van der Waals surface area contributed by atoms with Gasteiger partial charge in [0, 0.05) is 17.8 Å². The zero-order valence-corrected chi connectivity index (χ0v) is 15.8. The molecule has 1 aliphatic heterocycles. The zero-order valence-electron chi connectivity index (χ0n) is 14.1. The smallest absolute Gasteiger partial charge is 0.319 e. The lowest BCUT2D eigenvalue weighted by molar-refractivity contribution is -0.137. The van der Waals surface area contributed by atoms with Crippen LogP contribution in [0.25, 0.3) is 10.2 Å². The summed E-state index contributed by atoms with van der Waals surface area (Å²) >= 11 is 2.98. The molecule has 0 spiro atoms. The Kier molecular flexibility index (Phi) is 4.45. The summed E-state index contributed by atoms with van der Waals surface area (Å²) in [4.78, 5) is 31.8. The van der Waals surface area contributed by atoms with Crippen molar-refractivity contribution in [2.75, 3.05) is 6.61 Å². The van der Waals surface area contributed by atoms with Crippen molar-refractivity contribution in [2.45, 2.75) is 49.6 Å². The summed E-state index contributed by atoms with van der Waals surface area (Å²) in [6, 6.07) is 0. The number of allylic oxidation sites excluding steroid dienone is 1. The largest absolute Gasteiger partial charge is 0.465 e. The van der Waals surface area contributed by atoms with Gasteiger partial charge in [0.1, 0.15) is 10.1 Å². The minimum Gasteiger partial charge on any atom is -0.465 e. The average molecular weight is 377 g/mol. The van der Waals surface area contributed by atoms with Gasteiger partial charge in [-0.1, -0.05) is 24.8 Å². The van der Waals surface area contributed by atoms with Gasteiger partial charge in [0.25, 0.3) is 5.56 Å². The van der Waals surface area contributed by atoms with Crippen molar-refractivity contribution < 1.29 is 9.53 Å². The van der Waals surface area contributed by atoms with E-state index >= 15 is 0 Å². The van der Waals surface area contributed by atoms with Crippen LogP contribution in [-0.4, -0.2) is 27.4 Å². The van der Waals surface area contributed by atoms with Gasteiger partial charge in [-0.25, -0.2) is 4.98 Å². The Morgan fingerprint density at radius 3 is 3.00 bits per heavy atom. The first-order valence-corrected chi connectivity index (χ1v) is 10.3. The predicted molar refractivity (Wildman–Crippen MR) is 100 cm³/mol. The monoisotopic (exact) mass is 376 g/mol. The molecule has 3 heterocycles. The number of hydrogen-bond donors (Lipinski definition) is 0. The number of fused-ring (bicyclic) bond motifs is 3. The van der Waals surface area contributed by atoms with Crippen LogP contribution >= 0.6 is 23.1 Å². The lowest BCUT2D eigenvalue weighted by Gasteiger charge is -2.17. The summed E-state index contributed by atoms with van der Waals surface area (Å²) in [5.41, 5.74) is 1.18. The number of thioether (sulfide) groups is 1. The molecule has 1 saturated heterocycles. The van der Waals surface area contributed by atoms with Gasteiger partial charge < -0.3 is 4.74 Å². The average Bonchev–Trinajstić information content (AvgIpc) is 3.14. The van der Waals surface area contributed by atoms with Gasteiger partial charge in [-0.05, 0) is 30.7 Å². The standard InChI is InChI=1S/C18H20N2O3S2/c1-3-7-20-16(21)14-11-5-4-10(2)9-13(11)24-15(14)19-18(20)25-12-6-8-23-17(12)22/h3,10,12H,1,4-9H2,2H3/t10-,12+/m1/s1. The fourth-order valence-electron chi connectivity index (χ4n) is 3.50. The third-order valence-corrected chi connectivity index (χ3v) is 7.21. The van der Waals surface area contributed by atoms with Gasteiger partial charge in [0.2, 0.25) is 0 Å². The quantitative estimate of drug-likeness (QED) is 0.466. The van der Waals surface area contributed by atoms with E-state index < -0.39 is 0 Å². The minimum atomic E-state index is -0.282. The molecule has 0 unspecified atom stereocenters. The Labute approximate surface area is 154 Å². The molecule has 2 aliphatic rings. The first-order valence-electron chi connectivity index (χ1n) is 8.57. The summed E-state index contributed by atoms with van der Waals surface area (Å²) in [7, 11) is 0. The lowest BCUT2D eigenvalue weighted by atomic mass is 9.89. The van der Waals surface area contributed by atoms with Crippen LogP contribution in [-0.2, 0) is 28.9 Å². The van der Waals surface area contributed by atoms with Gasteiger partial charge in [-0.2, -0.15) is 0 Å². The van der Waals surface area contributed by atoms with Crippen LogP contribution < -0.4 is 5.56 Å². The van der Waals surface area contributed by atoms with Crippen LogP contribution in [0.1, 0.15) is 30.2 Å². The molecule has 2 aromatic heterocycles. The van der Waals surface area contributed by atoms with Crippen molar-refractivity contribution in [3.63, 3.8) is 0 Å². The molecule has 1 aliphatic carbocycles. The van der Waals surface area contributed by atoms with Crippen LogP contribution in [0, 0.1) is 5.92 Å². The number of rotatable bonds is 4. The maximum absolute atomic E-state index is 13.2. The SMILES string of the molecule is C=CCn1c(S[C@H]2CCOC2=O)nc2sc3c(c2c1=O)CC[C@@H](C)C3. The highest BCUT2D eigenvalue weighted by Gasteiger charge is 2.30. The number of ether oxygens (including phenoxy) is 1. The molecule has 2 aromatic rings. The third kappa shape index (κ3) is 2.93. The number of thiophene rings is 1. The van der Waals surface area contributed by atoms with Crippen LogP contribution in [0.15, 0.2) is 22.6 Å². The summed E-state index contributed by atoms with van der Waals surface area (Å²) < 4.78 is 6.69. The van der Waals surface area contributed by atoms with Crippen LogP contribution in [0.4, 0.5) is 0 Å². The number of cyclic esters (lactones) is 1. The Morgan fingerprint density at radius 1 is 1.44 bits per heavy atom. The molecule has 1 fully saturated rings. The van der Waals surface area contributed by atoms with E-state index in [0.29, 0.717) is 30.6 Å². The molecule has 0 amide bonds. The van der Waals surface area contributed by atoms with Crippen molar-refractivity contribution in [2.24, 2.45) is 5.92 Å². The maximum atomic E-state index is 13.2. The second kappa shape index (κ2) is 6.61. The number of hydrogen-bond acceptors (Lipinski definition) is 6. The van der Waals surface area contributed by atoms with E-state index in [4.69, 9.17) is 9.72 Å². The van der Waals surface area contributed by atoms with Gasteiger partial charge in [0.05, 0.1) is 12.0 Å². The second-order valence-electron chi connectivity index (χ2n) is 6.69. The Hall–Kier alpha value is -1.60. The van der Waals surface area contributed by atoms with Crippen LogP contribution in [0.2, 0.25) is 0 Å². The molecule has 0 aromatic carbocycles. The molecule has 132 valence electrons. The second-order valence-corrected chi connectivity index (χ2v) is 8.95. The van der Waals surface area contributed by atoms with Crippen molar-refractivity contribution in [3.05, 3.63) is 33.4 Å². The normalized spacial score (nSPS) is 22.8. The first kappa shape index (κ1) is 16.8. The van der Waals surface area contributed by atoms with E-state index in [1.54, 1.807) is 22.0 Å². The van der Waals surface area contributed by atoms with E-state index in [2.05, 4.69) is 13.5 Å². The van der Waals surface area contributed by atoms with Gasteiger partial charge in [-0.15, -0.1) is 17.9 Å². The number of aryl methyl sites for hydroxylation is 1. The van der Waals surface area contributed by atoms with Crippen molar-refractivity contribution in [1.29, 1.82) is 0 Å². The van der Waals surface area contributed by atoms with E-state index in [9.17, 15) is 9.59 Å². The molecule has 7 heteroatoms. The molecule has 0 saturated carbocycles. The molecular formula is C18H20N2O3S2. The molecule has 0 N–H and O–H groups in total. The van der Waals surface area contributed by atoms with Crippen LogP contribution in [0.3, 0.4) is 0 Å². The topological polar surface area (TPSA) is 61.2 Å². The van der Waals surface area contributed by atoms with E-state index in [1.165, 1.54) is 22.2 Å². The highest BCUT2D eigenvalue weighted by atomic mass is 32.2. The molecule has 4 rings (SSSR count). The van der Waals surface area contributed by atoms with E-state index in [0.717, 1.165) is 29.5 Å². The highest BCUT2D eigenvalue weighted by molar-refractivity contribution is 8.00. The van der Waals surface area contributed by atoms with Crippen molar-refractivity contribution >= 4 is 39.3 Å². The number of aromatic nitrogens is 2. The van der Waals surface area contributed by atoms with Gasteiger partial charge >= 0.3 is 5.97 Å². The minimum absolute atomic E-state index is 0.00850. The van der Waals surface area contributed by atoms with Crippen LogP contribution in [0.5, 0.6) is 0 Å². The zero-order chi connectivity index (χ0) is 17.6. The van der Waals surface area contributed by atoms with Crippen molar-refractivity contribution in [3.8, 4) is 0 Å². The molecule has 0 radical (unpaired) electrons. The summed E-state index contributed by atoms with van der Waals surface area (Å²) in [6.45, 7) is 6.85. The number of carbonyl (C=O) groups is 1. The van der Waals surface area contributed by atoms with E-state index in [-0.39, 0.29) is 16.8 Å². The fraction of sp³-hybridized carbons (Fsp3) is 0.500.